The maximum absolute atomic E-state index is 12.3. The number of nitrogens with one attached hydrogen (secondary N) is 1. The van der Waals surface area contributed by atoms with Crippen LogP contribution < -0.4 is 10.1 Å². The Bertz CT molecular complexity index is 999. The molecular weight excluding hydrogens is 398 g/mol. The van der Waals surface area contributed by atoms with Gasteiger partial charge in [0.15, 0.2) is 11.5 Å². The number of aromatic nitrogens is 2. The van der Waals surface area contributed by atoms with Crippen LogP contribution in [0.5, 0.6) is 11.5 Å². The molecule has 6 nitrogen and oxygen atoms in total. The van der Waals surface area contributed by atoms with Gasteiger partial charge in [-0.1, -0.05) is 28.1 Å². The minimum absolute atomic E-state index is 0.0527. The molecule has 1 aliphatic heterocycles. The summed E-state index contributed by atoms with van der Waals surface area (Å²) >= 11 is 3.46. The van der Waals surface area contributed by atoms with Crippen molar-refractivity contribution in [3.05, 3.63) is 64.3 Å². The van der Waals surface area contributed by atoms with Crippen LogP contribution in [-0.4, -0.2) is 27.9 Å². The number of aromatic hydroxyl groups is 1. The van der Waals surface area contributed by atoms with Crippen molar-refractivity contribution in [2.24, 2.45) is 0 Å². The first-order chi connectivity index (χ1) is 12.6. The molecule has 1 aliphatic rings. The molecule has 1 aromatic heterocycles. The maximum atomic E-state index is 12.3. The summed E-state index contributed by atoms with van der Waals surface area (Å²) in [5, 5.41) is 17.5. The Morgan fingerprint density at radius 3 is 2.88 bits per heavy atom. The molecule has 0 radical (unpaired) electrons. The van der Waals surface area contributed by atoms with Gasteiger partial charge in [0.25, 0.3) is 0 Å². The van der Waals surface area contributed by atoms with Gasteiger partial charge >= 0.3 is 0 Å². The largest absolute Gasteiger partial charge is 0.504 e. The molecule has 2 heterocycles. The average molecular weight is 414 g/mol. The fourth-order valence-corrected chi connectivity index (χ4v) is 3.63. The lowest BCUT2D eigenvalue weighted by Gasteiger charge is -2.24. The van der Waals surface area contributed by atoms with Crippen LogP contribution in [0, 0.1) is 0 Å². The SMILES string of the molecule is COc1ccc(C2CC(=O)Nc3c2cnn3-c2cccc(Br)c2)cc1O. The third kappa shape index (κ3) is 2.84. The minimum Gasteiger partial charge on any atom is -0.504 e. The predicted octanol–water partition coefficient (Wildman–Crippen LogP) is 3.82. The molecule has 0 saturated heterocycles. The van der Waals surface area contributed by atoms with E-state index in [1.807, 2.05) is 30.3 Å². The highest BCUT2D eigenvalue weighted by Gasteiger charge is 2.30. The fraction of sp³-hybridized carbons (Fsp3) is 0.158. The zero-order valence-electron chi connectivity index (χ0n) is 13.9. The number of amides is 1. The lowest BCUT2D eigenvalue weighted by molar-refractivity contribution is -0.116. The zero-order valence-corrected chi connectivity index (χ0v) is 15.5. The van der Waals surface area contributed by atoms with Crippen molar-refractivity contribution in [1.82, 2.24) is 9.78 Å². The van der Waals surface area contributed by atoms with Crippen molar-refractivity contribution >= 4 is 27.7 Å². The predicted molar refractivity (Wildman–Crippen MR) is 101 cm³/mol. The molecule has 0 aliphatic carbocycles. The van der Waals surface area contributed by atoms with Crippen LogP contribution >= 0.6 is 15.9 Å². The van der Waals surface area contributed by atoms with E-state index < -0.39 is 0 Å². The molecule has 2 N–H and O–H groups in total. The molecule has 0 bridgehead atoms. The number of halogens is 1. The van der Waals surface area contributed by atoms with Crippen LogP contribution in [0.15, 0.2) is 53.1 Å². The van der Waals surface area contributed by atoms with E-state index in [-0.39, 0.29) is 17.6 Å². The molecule has 1 atom stereocenters. The summed E-state index contributed by atoms with van der Waals surface area (Å²) in [6.45, 7) is 0. The first kappa shape index (κ1) is 16.7. The quantitative estimate of drug-likeness (QED) is 0.683. The first-order valence-electron chi connectivity index (χ1n) is 8.07. The number of rotatable bonds is 3. The molecule has 132 valence electrons. The number of fused-ring (bicyclic) bond motifs is 1. The number of methoxy groups -OCH3 is 1. The number of nitrogens with zero attached hydrogens (tertiary/aromatic N) is 2. The van der Waals surface area contributed by atoms with Crippen LogP contribution in [0.2, 0.25) is 0 Å². The van der Waals surface area contributed by atoms with Crippen LogP contribution in [0.1, 0.15) is 23.5 Å². The first-order valence-corrected chi connectivity index (χ1v) is 8.86. The smallest absolute Gasteiger partial charge is 0.226 e. The van der Waals surface area contributed by atoms with Crippen molar-refractivity contribution in [3.8, 4) is 17.2 Å². The molecule has 3 aromatic rings. The second-order valence-electron chi connectivity index (χ2n) is 6.08. The molecule has 1 amide bonds. The van der Waals surface area contributed by atoms with Gasteiger partial charge in [-0.15, -0.1) is 0 Å². The Morgan fingerprint density at radius 1 is 1.31 bits per heavy atom. The van der Waals surface area contributed by atoms with Crippen LogP contribution in [-0.2, 0) is 4.79 Å². The molecule has 2 aromatic carbocycles. The van der Waals surface area contributed by atoms with E-state index in [0.29, 0.717) is 18.0 Å². The van der Waals surface area contributed by atoms with Crippen molar-refractivity contribution in [1.29, 1.82) is 0 Å². The van der Waals surface area contributed by atoms with Gasteiger partial charge in [0.05, 0.1) is 19.0 Å². The van der Waals surface area contributed by atoms with Gasteiger partial charge in [-0.25, -0.2) is 4.68 Å². The highest BCUT2D eigenvalue weighted by Crippen LogP contribution is 2.40. The monoisotopic (exact) mass is 413 g/mol. The molecule has 0 spiro atoms. The van der Waals surface area contributed by atoms with Gasteiger partial charge in [0.2, 0.25) is 5.91 Å². The number of hydrogen-bond acceptors (Lipinski definition) is 4. The van der Waals surface area contributed by atoms with E-state index in [4.69, 9.17) is 4.74 Å². The van der Waals surface area contributed by atoms with Crippen molar-refractivity contribution in [3.63, 3.8) is 0 Å². The van der Waals surface area contributed by atoms with Crippen LogP contribution in [0.4, 0.5) is 5.82 Å². The number of phenolic OH excluding ortho intramolecular Hbond substituents is 1. The molecule has 4 rings (SSSR count). The lowest BCUT2D eigenvalue weighted by Crippen LogP contribution is -2.24. The summed E-state index contributed by atoms with van der Waals surface area (Å²) in [6.07, 6.45) is 2.06. The third-order valence-electron chi connectivity index (χ3n) is 4.48. The average Bonchev–Trinajstić information content (AvgIpc) is 3.04. The number of benzene rings is 2. The standard InChI is InChI=1S/C19H16BrN3O3/c1-26-17-6-5-11(7-16(17)24)14-9-18(25)22-19-15(14)10-21-23(19)13-4-2-3-12(20)8-13/h2-8,10,14,24H,9H2,1H3,(H,22,25). The van der Waals surface area contributed by atoms with Crippen molar-refractivity contribution < 1.29 is 14.6 Å². The summed E-state index contributed by atoms with van der Waals surface area (Å²) < 4.78 is 7.75. The van der Waals surface area contributed by atoms with E-state index in [0.717, 1.165) is 21.3 Å². The summed E-state index contributed by atoms with van der Waals surface area (Å²) in [5.41, 5.74) is 2.60. The Kier molecular flexibility index (Phi) is 4.16. The van der Waals surface area contributed by atoms with Crippen LogP contribution in [0.25, 0.3) is 5.69 Å². The van der Waals surface area contributed by atoms with Gasteiger partial charge in [-0.3, -0.25) is 4.79 Å². The third-order valence-corrected chi connectivity index (χ3v) is 4.97. The molecule has 26 heavy (non-hydrogen) atoms. The molecule has 1 unspecified atom stereocenters. The van der Waals surface area contributed by atoms with Crippen molar-refractivity contribution in [2.45, 2.75) is 12.3 Å². The van der Waals surface area contributed by atoms with Gasteiger partial charge in [-0.05, 0) is 35.9 Å². The van der Waals surface area contributed by atoms with Crippen LogP contribution in [0.3, 0.4) is 0 Å². The maximum Gasteiger partial charge on any atom is 0.226 e. The van der Waals surface area contributed by atoms with E-state index in [1.54, 1.807) is 23.0 Å². The van der Waals surface area contributed by atoms with E-state index in [9.17, 15) is 9.90 Å². The minimum atomic E-state index is -0.184. The number of ether oxygens (including phenoxy) is 1. The number of hydrogen-bond donors (Lipinski definition) is 2. The molecule has 0 saturated carbocycles. The molecule has 0 fully saturated rings. The topological polar surface area (TPSA) is 76.4 Å². The van der Waals surface area contributed by atoms with Gasteiger partial charge in [0, 0.05) is 22.4 Å². The number of carbonyl (C=O) groups is 1. The fourth-order valence-electron chi connectivity index (χ4n) is 3.24. The Hall–Kier alpha value is -2.80. The second kappa shape index (κ2) is 6.49. The molecular formula is C19H16BrN3O3. The normalized spacial score (nSPS) is 16.1. The zero-order chi connectivity index (χ0) is 18.3. The second-order valence-corrected chi connectivity index (χ2v) is 6.99. The number of carbonyl (C=O) groups excluding carboxylic acids is 1. The Balaban J connectivity index is 1.80. The highest BCUT2D eigenvalue weighted by atomic mass is 79.9. The molecule has 7 heteroatoms. The van der Waals surface area contributed by atoms with E-state index in [2.05, 4.69) is 26.3 Å². The lowest BCUT2D eigenvalue weighted by atomic mass is 9.87. The van der Waals surface area contributed by atoms with E-state index >= 15 is 0 Å². The van der Waals surface area contributed by atoms with Crippen molar-refractivity contribution in [2.75, 3.05) is 12.4 Å². The number of phenols is 1. The van der Waals surface area contributed by atoms with Gasteiger partial charge in [0.1, 0.15) is 5.82 Å². The summed E-state index contributed by atoms with van der Waals surface area (Å²) in [5.74, 6) is 0.835. The summed E-state index contributed by atoms with van der Waals surface area (Å²) in [4.78, 5) is 12.3. The van der Waals surface area contributed by atoms with Gasteiger partial charge < -0.3 is 15.2 Å². The highest BCUT2D eigenvalue weighted by molar-refractivity contribution is 9.10. The van der Waals surface area contributed by atoms with E-state index in [1.165, 1.54) is 7.11 Å². The summed E-state index contributed by atoms with van der Waals surface area (Å²) in [7, 11) is 1.50. The summed E-state index contributed by atoms with van der Waals surface area (Å²) in [6, 6.07) is 12.9. The number of anilines is 1. The Labute approximate surface area is 158 Å². The van der Waals surface area contributed by atoms with Gasteiger partial charge in [-0.2, -0.15) is 5.10 Å². The Morgan fingerprint density at radius 2 is 2.15 bits per heavy atom.